The van der Waals surface area contributed by atoms with Gasteiger partial charge in [-0.3, -0.25) is 4.79 Å². The minimum atomic E-state index is -3.80. The summed E-state index contributed by atoms with van der Waals surface area (Å²) in [5.74, 6) is -0.546. The van der Waals surface area contributed by atoms with Crippen LogP contribution in [0.1, 0.15) is 47.6 Å². The monoisotopic (exact) mass is 482 g/mol. The summed E-state index contributed by atoms with van der Waals surface area (Å²) in [7, 11) is -7.18. The zero-order chi connectivity index (χ0) is 22.2. The molecule has 2 aromatic carbocycles. The average Bonchev–Trinajstić information content (AvgIpc) is 2.76. The van der Waals surface area contributed by atoms with Crippen LogP contribution in [0, 0.1) is 0 Å². The normalized spacial score (nSPS) is 21.3. The van der Waals surface area contributed by atoms with Crippen molar-refractivity contribution in [3.8, 4) is 0 Å². The summed E-state index contributed by atoms with van der Waals surface area (Å²) >= 11 is 6.19. The molecule has 1 saturated heterocycles. The van der Waals surface area contributed by atoms with E-state index in [2.05, 4.69) is 5.32 Å². The van der Waals surface area contributed by atoms with Gasteiger partial charge in [0.2, 0.25) is 10.0 Å². The fourth-order valence-electron chi connectivity index (χ4n) is 4.07. The second-order valence-electron chi connectivity index (χ2n) is 7.78. The van der Waals surface area contributed by atoms with Crippen LogP contribution in [0.15, 0.2) is 52.3 Å². The molecular formula is C21H23ClN2O5S2. The van der Waals surface area contributed by atoms with Crippen LogP contribution in [-0.4, -0.2) is 45.9 Å². The van der Waals surface area contributed by atoms with Gasteiger partial charge in [-0.2, -0.15) is 4.31 Å². The smallest absolute Gasteiger partial charge is 0.251 e. The maximum atomic E-state index is 13.1. The number of nitrogens with one attached hydrogen (secondary N) is 1. The molecule has 0 saturated carbocycles. The highest BCUT2D eigenvalue weighted by molar-refractivity contribution is 7.91. The van der Waals surface area contributed by atoms with Crippen molar-refractivity contribution < 1.29 is 21.6 Å². The van der Waals surface area contributed by atoms with Crippen LogP contribution in [0.3, 0.4) is 0 Å². The fraction of sp³-hybridized carbons (Fsp3) is 0.381. The van der Waals surface area contributed by atoms with Crippen molar-refractivity contribution in [2.45, 2.75) is 41.5 Å². The van der Waals surface area contributed by atoms with Gasteiger partial charge in [0.1, 0.15) is 4.90 Å². The van der Waals surface area contributed by atoms with Crippen molar-refractivity contribution in [2.24, 2.45) is 0 Å². The van der Waals surface area contributed by atoms with E-state index >= 15 is 0 Å². The van der Waals surface area contributed by atoms with Gasteiger partial charge in [-0.15, -0.1) is 0 Å². The highest BCUT2D eigenvalue weighted by atomic mass is 35.5. The Morgan fingerprint density at radius 2 is 1.77 bits per heavy atom. The van der Waals surface area contributed by atoms with E-state index < -0.39 is 31.8 Å². The summed E-state index contributed by atoms with van der Waals surface area (Å²) in [5.41, 5.74) is 0.697. The first-order chi connectivity index (χ1) is 14.7. The van der Waals surface area contributed by atoms with Gasteiger partial charge in [-0.1, -0.05) is 36.2 Å². The number of rotatable bonds is 4. The van der Waals surface area contributed by atoms with Gasteiger partial charge in [0, 0.05) is 18.7 Å². The van der Waals surface area contributed by atoms with Crippen molar-refractivity contribution in [1.29, 1.82) is 0 Å². The lowest BCUT2D eigenvalue weighted by atomic mass is 10.0. The SMILES string of the molecule is O=C(N[C@@H]1CCS(=O)(=O)c2ccccc21)c1ccc(Cl)c(S(=O)(=O)N2CCCCC2)c1. The van der Waals surface area contributed by atoms with E-state index in [0.717, 1.165) is 19.3 Å². The molecule has 1 amide bonds. The number of hydrogen-bond donors (Lipinski definition) is 1. The summed E-state index contributed by atoms with van der Waals surface area (Å²) in [4.78, 5) is 13.1. The third kappa shape index (κ3) is 4.37. The van der Waals surface area contributed by atoms with E-state index in [1.807, 2.05) is 0 Å². The first-order valence-corrected chi connectivity index (χ1v) is 13.6. The van der Waals surface area contributed by atoms with Crippen LogP contribution in [0.2, 0.25) is 5.02 Å². The van der Waals surface area contributed by atoms with Gasteiger partial charge in [0.15, 0.2) is 9.84 Å². The summed E-state index contributed by atoms with van der Waals surface area (Å²) in [5, 5.41) is 2.92. The lowest BCUT2D eigenvalue weighted by Crippen LogP contribution is -2.36. The van der Waals surface area contributed by atoms with Crippen molar-refractivity contribution in [2.75, 3.05) is 18.8 Å². The number of sulfone groups is 1. The third-order valence-corrected chi connectivity index (χ3v) is 9.93. The molecule has 0 aliphatic carbocycles. The molecule has 0 unspecified atom stereocenters. The quantitative estimate of drug-likeness (QED) is 0.721. The predicted molar refractivity (Wildman–Crippen MR) is 117 cm³/mol. The number of carbonyl (C=O) groups is 1. The molecule has 0 bridgehead atoms. The van der Waals surface area contributed by atoms with Crippen molar-refractivity contribution in [3.05, 3.63) is 58.6 Å². The topological polar surface area (TPSA) is 101 Å². The Hall–Kier alpha value is -1.94. The average molecular weight is 483 g/mol. The highest BCUT2D eigenvalue weighted by Crippen LogP contribution is 2.33. The molecule has 2 heterocycles. The predicted octanol–water partition coefficient (Wildman–Crippen LogP) is 3.16. The van der Waals surface area contributed by atoms with Crippen LogP contribution in [0.5, 0.6) is 0 Å². The van der Waals surface area contributed by atoms with Crippen molar-refractivity contribution in [1.82, 2.24) is 9.62 Å². The Morgan fingerprint density at radius 3 is 2.52 bits per heavy atom. The van der Waals surface area contributed by atoms with Gasteiger partial charge in [-0.05, 0) is 49.1 Å². The van der Waals surface area contributed by atoms with Crippen LogP contribution < -0.4 is 5.32 Å². The molecule has 0 aromatic heterocycles. The second-order valence-corrected chi connectivity index (χ2v) is 12.2. The van der Waals surface area contributed by atoms with E-state index in [4.69, 9.17) is 11.6 Å². The van der Waals surface area contributed by atoms with Crippen LogP contribution in [0.4, 0.5) is 0 Å². The largest absolute Gasteiger partial charge is 0.345 e. The number of benzene rings is 2. The first kappa shape index (κ1) is 22.3. The van der Waals surface area contributed by atoms with E-state index in [-0.39, 0.29) is 32.6 Å². The van der Waals surface area contributed by atoms with Crippen LogP contribution >= 0.6 is 11.6 Å². The number of hydrogen-bond acceptors (Lipinski definition) is 5. The standard InChI is InChI=1S/C21H23ClN2O5S2/c22-17-9-8-15(14-20(17)31(28,29)24-11-4-1-5-12-24)21(25)23-18-10-13-30(26,27)19-7-3-2-6-16(18)19/h2-3,6-9,14,18H,1,4-5,10-13H2,(H,23,25)/t18-/m1/s1. The maximum absolute atomic E-state index is 13.1. The lowest BCUT2D eigenvalue weighted by Gasteiger charge is -2.27. The van der Waals surface area contributed by atoms with Crippen molar-refractivity contribution >= 4 is 37.4 Å². The number of sulfonamides is 1. The number of nitrogens with zero attached hydrogens (tertiary/aromatic N) is 1. The summed E-state index contributed by atoms with van der Waals surface area (Å²) in [6, 6.07) is 10.3. The Labute approximate surface area is 187 Å². The second kappa shape index (κ2) is 8.54. The Kier molecular flexibility index (Phi) is 6.13. The minimum absolute atomic E-state index is 0.0653. The molecule has 4 rings (SSSR count). The molecule has 166 valence electrons. The summed E-state index contributed by atoms with van der Waals surface area (Å²) in [6.45, 7) is 0.866. The Morgan fingerprint density at radius 1 is 1.06 bits per heavy atom. The van der Waals surface area contributed by atoms with Gasteiger partial charge < -0.3 is 5.32 Å². The number of piperidine rings is 1. The molecule has 2 aliphatic heterocycles. The van der Waals surface area contributed by atoms with Gasteiger partial charge in [0.05, 0.1) is 21.7 Å². The number of carbonyl (C=O) groups excluding carboxylic acids is 1. The van der Waals surface area contributed by atoms with Gasteiger partial charge in [-0.25, -0.2) is 16.8 Å². The van der Waals surface area contributed by atoms with Gasteiger partial charge in [0.25, 0.3) is 5.91 Å². The Bertz CT molecular complexity index is 1220. The van der Waals surface area contributed by atoms with E-state index in [9.17, 15) is 21.6 Å². The molecule has 1 N–H and O–H groups in total. The molecule has 1 atom stereocenters. The first-order valence-electron chi connectivity index (χ1n) is 10.1. The fourth-order valence-corrected chi connectivity index (χ4v) is 7.71. The molecule has 0 radical (unpaired) electrons. The molecule has 7 nitrogen and oxygen atoms in total. The molecule has 0 spiro atoms. The van der Waals surface area contributed by atoms with Gasteiger partial charge >= 0.3 is 0 Å². The molecule has 2 aliphatic rings. The third-order valence-electron chi connectivity index (χ3n) is 5.74. The molecule has 10 heteroatoms. The van der Waals surface area contributed by atoms with Crippen LogP contribution in [0.25, 0.3) is 0 Å². The summed E-state index contributed by atoms with van der Waals surface area (Å²) in [6.07, 6.45) is 2.82. The molecule has 1 fully saturated rings. The molecular weight excluding hydrogens is 460 g/mol. The van der Waals surface area contributed by atoms with E-state index in [1.165, 1.54) is 28.6 Å². The van der Waals surface area contributed by atoms with Crippen molar-refractivity contribution in [3.63, 3.8) is 0 Å². The number of fused-ring (bicyclic) bond motifs is 1. The van der Waals surface area contributed by atoms with E-state index in [0.29, 0.717) is 18.7 Å². The molecule has 2 aromatic rings. The van der Waals surface area contributed by atoms with E-state index in [1.54, 1.807) is 18.2 Å². The highest BCUT2D eigenvalue weighted by Gasteiger charge is 2.32. The lowest BCUT2D eigenvalue weighted by molar-refractivity contribution is 0.0934. The zero-order valence-electron chi connectivity index (χ0n) is 16.8. The number of halogens is 1. The Balaban J connectivity index is 1.61. The zero-order valence-corrected chi connectivity index (χ0v) is 19.1. The summed E-state index contributed by atoms with van der Waals surface area (Å²) < 4.78 is 52.1. The minimum Gasteiger partial charge on any atom is -0.345 e. The number of amides is 1. The maximum Gasteiger partial charge on any atom is 0.251 e. The molecule has 31 heavy (non-hydrogen) atoms. The van der Waals surface area contributed by atoms with Crippen LogP contribution in [-0.2, 0) is 19.9 Å².